The molecule has 2 rings (SSSR count). The maximum absolute atomic E-state index is 12.2. The monoisotopic (exact) mass is 406 g/mol. The third-order valence-electron chi connectivity index (χ3n) is 4.12. The largest absolute Gasteiger partial charge is 0.460 e. The van der Waals surface area contributed by atoms with Crippen LogP contribution in [0.15, 0.2) is 22.1 Å². The number of furan rings is 1. The molecule has 1 atom stereocenters. The standard InChI is InChI=1S/C18H22N4O5S/c1-28(24,25)22(8-3-7-19)13-17-6-5-15(27-17)10-14(11-20)18(23)21-12-16-4-2-9-26-16/h5-6,10,16H,2-4,8-9,12-13H2,1H3,(H,21,23)/b14-10+/t16-/m0/s1. The number of hydrogen-bond acceptors (Lipinski definition) is 7. The molecule has 1 aliphatic rings. The van der Waals surface area contributed by atoms with Gasteiger partial charge in [0.15, 0.2) is 0 Å². The third-order valence-corrected chi connectivity index (χ3v) is 5.37. The number of amides is 1. The molecule has 1 aromatic heterocycles. The lowest BCUT2D eigenvalue weighted by atomic mass is 10.2. The van der Waals surface area contributed by atoms with Crippen LogP contribution in [0.3, 0.4) is 0 Å². The smallest absolute Gasteiger partial charge is 0.262 e. The van der Waals surface area contributed by atoms with Crippen molar-refractivity contribution >= 4 is 22.0 Å². The van der Waals surface area contributed by atoms with Gasteiger partial charge in [0.25, 0.3) is 5.91 Å². The first-order valence-corrected chi connectivity index (χ1v) is 10.6. The maximum Gasteiger partial charge on any atom is 0.262 e. The van der Waals surface area contributed by atoms with Crippen LogP contribution in [0.5, 0.6) is 0 Å². The predicted octanol–water partition coefficient (Wildman–Crippen LogP) is 1.16. The van der Waals surface area contributed by atoms with Gasteiger partial charge in [-0.15, -0.1) is 0 Å². The molecule has 28 heavy (non-hydrogen) atoms. The third kappa shape index (κ3) is 6.50. The van der Waals surface area contributed by atoms with Gasteiger partial charge in [-0.05, 0) is 25.0 Å². The number of rotatable bonds is 9. The van der Waals surface area contributed by atoms with E-state index >= 15 is 0 Å². The summed E-state index contributed by atoms with van der Waals surface area (Å²) in [6, 6.07) is 6.85. The van der Waals surface area contributed by atoms with Crippen LogP contribution in [0.1, 0.15) is 30.8 Å². The van der Waals surface area contributed by atoms with E-state index in [0.717, 1.165) is 23.4 Å². The molecule has 1 N–H and O–H groups in total. The fraction of sp³-hybridized carbons (Fsp3) is 0.500. The normalized spacial score (nSPS) is 17.3. The maximum atomic E-state index is 12.2. The molecular formula is C18H22N4O5S. The van der Waals surface area contributed by atoms with E-state index in [-0.39, 0.29) is 36.9 Å². The van der Waals surface area contributed by atoms with Crippen molar-refractivity contribution in [2.24, 2.45) is 0 Å². The summed E-state index contributed by atoms with van der Waals surface area (Å²) in [7, 11) is -3.50. The second kappa shape index (κ2) is 10.0. The highest BCUT2D eigenvalue weighted by molar-refractivity contribution is 7.88. The minimum Gasteiger partial charge on any atom is -0.460 e. The van der Waals surface area contributed by atoms with Gasteiger partial charge in [-0.1, -0.05) is 0 Å². The van der Waals surface area contributed by atoms with Crippen LogP contribution < -0.4 is 5.32 Å². The Morgan fingerprint density at radius 1 is 1.43 bits per heavy atom. The number of nitrogens with zero attached hydrogens (tertiary/aromatic N) is 3. The van der Waals surface area contributed by atoms with Crippen molar-refractivity contribution in [2.45, 2.75) is 31.9 Å². The number of hydrogen-bond donors (Lipinski definition) is 1. The molecule has 1 saturated heterocycles. The number of nitrogens with one attached hydrogen (secondary N) is 1. The molecule has 0 saturated carbocycles. The summed E-state index contributed by atoms with van der Waals surface area (Å²) < 4.78 is 35.7. The molecule has 0 radical (unpaired) electrons. The molecule has 0 aliphatic carbocycles. The van der Waals surface area contributed by atoms with Gasteiger partial charge >= 0.3 is 0 Å². The molecule has 0 spiro atoms. The van der Waals surface area contributed by atoms with E-state index in [9.17, 15) is 18.5 Å². The fourth-order valence-electron chi connectivity index (χ4n) is 2.67. The molecular weight excluding hydrogens is 384 g/mol. The van der Waals surface area contributed by atoms with Crippen LogP contribution in [-0.2, 0) is 26.1 Å². The van der Waals surface area contributed by atoms with Crippen LogP contribution in [-0.4, -0.2) is 50.7 Å². The van der Waals surface area contributed by atoms with E-state index < -0.39 is 15.9 Å². The van der Waals surface area contributed by atoms with E-state index in [0.29, 0.717) is 18.9 Å². The van der Waals surface area contributed by atoms with Crippen LogP contribution in [0.2, 0.25) is 0 Å². The number of carbonyl (C=O) groups excluding carboxylic acids is 1. The molecule has 0 bridgehead atoms. The zero-order chi connectivity index (χ0) is 20.6. The van der Waals surface area contributed by atoms with Crippen molar-refractivity contribution in [3.8, 4) is 12.1 Å². The summed E-state index contributed by atoms with van der Waals surface area (Å²) in [5.41, 5.74) is -0.122. The summed E-state index contributed by atoms with van der Waals surface area (Å²) in [6.45, 7) is 1.02. The Balaban J connectivity index is 2.02. The predicted molar refractivity (Wildman–Crippen MR) is 99.8 cm³/mol. The molecule has 0 unspecified atom stereocenters. The van der Waals surface area contributed by atoms with Gasteiger partial charge in [-0.3, -0.25) is 4.79 Å². The van der Waals surface area contributed by atoms with Gasteiger partial charge in [0.2, 0.25) is 10.0 Å². The van der Waals surface area contributed by atoms with E-state index in [1.807, 2.05) is 12.1 Å². The van der Waals surface area contributed by atoms with Crippen LogP contribution in [0, 0.1) is 22.7 Å². The van der Waals surface area contributed by atoms with Gasteiger partial charge in [0.05, 0.1) is 25.0 Å². The van der Waals surface area contributed by atoms with Gasteiger partial charge in [-0.25, -0.2) is 8.42 Å². The average Bonchev–Trinajstić information content (AvgIpc) is 3.32. The first kappa shape index (κ1) is 21.6. The summed E-state index contributed by atoms with van der Waals surface area (Å²) in [6.07, 6.45) is 4.21. The molecule has 10 heteroatoms. The topological polar surface area (TPSA) is 136 Å². The zero-order valence-electron chi connectivity index (χ0n) is 15.6. The molecule has 2 heterocycles. The molecule has 9 nitrogen and oxygen atoms in total. The SMILES string of the molecule is CS(=O)(=O)N(CCC#N)Cc1ccc(/C=C(\C#N)C(=O)NC[C@@H]2CCCO2)o1. The molecule has 1 amide bonds. The van der Waals surface area contributed by atoms with Crippen LogP contribution >= 0.6 is 0 Å². The van der Waals surface area contributed by atoms with Gasteiger partial charge in [0.1, 0.15) is 23.2 Å². The Kier molecular flexibility index (Phi) is 7.76. The molecule has 150 valence electrons. The quantitative estimate of drug-likeness (QED) is 0.480. The van der Waals surface area contributed by atoms with Gasteiger partial charge in [0, 0.05) is 32.2 Å². The van der Waals surface area contributed by atoms with Crippen LogP contribution in [0.25, 0.3) is 6.08 Å². The van der Waals surface area contributed by atoms with Crippen molar-refractivity contribution < 1.29 is 22.4 Å². The van der Waals surface area contributed by atoms with Crippen LogP contribution in [0.4, 0.5) is 0 Å². The number of ether oxygens (including phenoxy) is 1. The van der Waals surface area contributed by atoms with E-state index in [4.69, 9.17) is 14.4 Å². The Bertz CT molecular complexity index is 901. The lowest BCUT2D eigenvalue weighted by Crippen LogP contribution is -2.32. The lowest BCUT2D eigenvalue weighted by molar-refractivity contribution is -0.117. The van der Waals surface area contributed by atoms with Crippen molar-refractivity contribution in [1.82, 2.24) is 9.62 Å². The highest BCUT2D eigenvalue weighted by Gasteiger charge is 2.20. The molecule has 1 fully saturated rings. The Morgan fingerprint density at radius 2 is 2.21 bits per heavy atom. The van der Waals surface area contributed by atoms with Crippen molar-refractivity contribution in [2.75, 3.05) is 26.0 Å². The number of carbonyl (C=O) groups is 1. The van der Waals surface area contributed by atoms with Gasteiger partial charge < -0.3 is 14.5 Å². The first-order valence-electron chi connectivity index (χ1n) is 8.76. The highest BCUT2D eigenvalue weighted by Crippen LogP contribution is 2.16. The second-order valence-corrected chi connectivity index (χ2v) is 8.31. The summed E-state index contributed by atoms with van der Waals surface area (Å²) in [5.74, 6) is 0.0713. The van der Waals surface area contributed by atoms with Gasteiger partial charge in [-0.2, -0.15) is 14.8 Å². The first-order chi connectivity index (χ1) is 13.3. The lowest BCUT2D eigenvalue weighted by Gasteiger charge is -2.16. The minimum atomic E-state index is -3.50. The summed E-state index contributed by atoms with van der Waals surface area (Å²) in [4.78, 5) is 12.2. The van der Waals surface area contributed by atoms with E-state index in [2.05, 4.69) is 5.32 Å². The second-order valence-electron chi connectivity index (χ2n) is 6.32. The van der Waals surface area contributed by atoms with E-state index in [1.165, 1.54) is 6.08 Å². The Labute approximate surface area is 164 Å². The van der Waals surface area contributed by atoms with Crippen molar-refractivity contribution in [3.05, 3.63) is 29.2 Å². The Hall–Kier alpha value is -2.66. The highest BCUT2D eigenvalue weighted by atomic mass is 32.2. The van der Waals surface area contributed by atoms with Crippen molar-refractivity contribution in [1.29, 1.82) is 10.5 Å². The fourth-order valence-corrected chi connectivity index (χ4v) is 3.45. The summed E-state index contributed by atoms with van der Waals surface area (Å²) in [5, 5.41) is 20.6. The van der Waals surface area contributed by atoms with Crippen molar-refractivity contribution in [3.63, 3.8) is 0 Å². The molecule has 0 aromatic carbocycles. The number of nitriles is 2. The van der Waals surface area contributed by atoms with E-state index in [1.54, 1.807) is 12.1 Å². The zero-order valence-corrected chi connectivity index (χ0v) is 16.4. The average molecular weight is 406 g/mol. The number of sulfonamides is 1. The Morgan fingerprint density at radius 3 is 2.82 bits per heavy atom. The molecule has 1 aromatic rings. The minimum absolute atomic E-state index is 0.0329. The molecule has 1 aliphatic heterocycles. The summed E-state index contributed by atoms with van der Waals surface area (Å²) >= 11 is 0.